The summed E-state index contributed by atoms with van der Waals surface area (Å²) in [5.41, 5.74) is 1.75. The van der Waals surface area contributed by atoms with Crippen LogP contribution in [0.15, 0.2) is 58.6 Å². The Kier molecular flexibility index (Phi) is 6.19. The van der Waals surface area contributed by atoms with E-state index in [0.717, 1.165) is 5.56 Å². The number of benzene rings is 2. The highest BCUT2D eigenvalue weighted by Crippen LogP contribution is 2.33. The standard InChI is InChI=1S/C21H21ClN2O5S/c1-12-8-9-13(2)17(10-12)30(27,28)11-16-18(20(25)29-3)19(24-21(26)23-16)14-6-4-5-7-15(14)22/h4-10,19H,11H2,1-3H3,(H2,23,24,26)/t19-/m0/s1. The van der Waals surface area contributed by atoms with Crippen molar-refractivity contribution in [2.75, 3.05) is 12.9 Å². The average Bonchev–Trinajstić information content (AvgIpc) is 2.68. The molecule has 30 heavy (non-hydrogen) atoms. The molecule has 0 bridgehead atoms. The third-order valence-corrected chi connectivity index (χ3v) is 6.91. The third kappa shape index (κ3) is 4.34. The Bertz CT molecular complexity index is 1160. The molecule has 0 unspecified atom stereocenters. The molecule has 2 aromatic rings. The van der Waals surface area contributed by atoms with Gasteiger partial charge in [0.2, 0.25) is 0 Å². The van der Waals surface area contributed by atoms with Gasteiger partial charge in [0.1, 0.15) is 0 Å². The summed E-state index contributed by atoms with van der Waals surface area (Å²) < 4.78 is 31.2. The van der Waals surface area contributed by atoms with Crippen LogP contribution in [0.1, 0.15) is 22.7 Å². The Labute approximate surface area is 180 Å². The molecular formula is C21H21ClN2O5S. The van der Waals surface area contributed by atoms with Crippen LogP contribution in [0, 0.1) is 13.8 Å². The van der Waals surface area contributed by atoms with Crippen LogP contribution < -0.4 is 10.6 Å². The molecular weight excluding hydrogens is 428 g/mol. The number of ether oxygens (including phenoxy) is 1. The number of carbonyl (C=O) groups is 2. The first-order chi connectivity index (χ1) is 14.1. The molecule has 2 N–H and O–H groups in total. The molecule has 1 atom stereocenters. The Hall–Kier alpha value is -2.84. The summed E-state index contributed by atoms with van der Waals surface area (Å²) in [7, 11) is -2.68. The van der Waals surface area contributed by atoms with Crippen LogP contribution >= 0.6 is 11.6 Å². The lowest BCUT2D eigenvalue weighted by atomic mass is 9.95. The maximum absolute atomic E-state index is 13.2. The molecule has 7 nitrogen and oxygen atoms in total. The normalized spacial score (nSPS) is 16.7. The van der Waals surface area contributed by atoms with E-state index in [4.69, 9.17) is 16.3 Å². The fraction of sp³-hybridized carbons (Fsp3) is 0.238. The van der Waals surface area contributed by atoms with Crippen LogP contribution in [-0.2, 0) is 19.4 Å². The first-order valence-electron chi connectivity index (χ1n) is 9.07. The van der Waals surface area contributed by atoms with Crippen molar-refractivity contribution in [3.8, 4) is 0 Å². The van der Waals surface area contributed by atoms with Crippen molar-refractivity contribution in [1.29, 1.82) is 0 Å². The number of rotatable bonds is 5. The van der Waals surface area contributed by atoms with Gasteiger partial charge in [0.15, 0.2) is 9.84 Å². The highest BCUT2D eigenvalue weighted by Gasteiger charge is 2.36. The fourth-order valence-corrected chi connectivity index (χ4v) is 5.27. The van der Waals surface area contributed by atoms with Gasteiger partial charge in [-0.05, 0) is 42.7 Å². The van der Waals surface area contributed by atoms with E-state index in [-0.39, 0.29) is 16.2 Å². The lowest BCUT2D eigenvalue weighted by molar-refractivity contribution is -0.136. The van der Waals surface area contributed by atoms with Crippen molar-refractivity contribution >= 4 is 33.4 Å². The van der Waals surface area contributed by atoms with Crippen molar-refractivity contribution in [2.45, 2.75) is 24.8 Å². The zero-order chi connectivity index (χ0) is 22.1. The van der Waals surface area contributed by atoms with Crippen molar-refractivity contribution < 1.29 is 22.7 Å². The van der Waals surface area contributed by atoms with E-state index < -0.39 is 33.6 Å². The zero-order valence-corrected chi connectivity index (χ0v) is 18.2. The molecule has 1 aliphatic rings. The van der Waals surface area contributed by atoms with Crippen LogP contribution in [0.2, 0.25) is 5.02 Å². The number of carbonyl (C=O) groups excluding carboxylic acids is 2. The minimum absolute atomic E-state index is 0.0147. The quantitative estimate of drug-likeness (QED) is 0.684. The molecule has 3 rings (SSSR count). The van der Waals surface area contributed by atoms with Gasteiger partial charge in [-0.3, -0.25) is 0 Å². The number of sulfone groups is 1. The Morgan fingerprint density at radius 3 is 2.53 bits per heavy atom. The van der Waals surface area contributed by atoms with Crippen LogP contribution in [0.25, 0.3) is 0 Å². The van der Waals surface area contributed by atoms with E-state index in [1.54, 1.807) is 50.2 Å². The van der Waals surface area contributed by atoms with Crippen LogP contribution in [0.5, 0.6) is 0 Å². The highest BCUT2D eigenvalue weighted by molar-refractivity contribution is 7.91. The zero-order valence-electron chi connectivity index (χ0n) is 16.7. The number of methoxy groups -OCH3 is 1. The van der Waals surface area contributed by atoms with E-state index in [0.29, 0.717) is 16.1 Å². The smallest absolute Gasteiger partial charge is 0.338 e. The predicted octanol–water partition coefficient (Wildman–Crippen LogP) is 3.21. The number of amides is 2. The lowest BCUT2D eigenvalue weighted by Crippen LogP contribution is -2.47. The highest BCUT2D eigenvalue weighted by atomic mass is 35.5. The van der Waals surface area contributed by atoms with Gasteiger partial charge in [-0.1, -0.05) is 41.9 Å². The van der Waals surface area contributed by atoms with Crippen molar-refractivity contribution in [1.82, 2.24) is 10.6 Å². The molecule has 1 heterocycles. The van der Waals surface area contributed by atoms with Crippen molar-refractivity contribution in [3.63, 3.8) is 0 Å². The van der Waals surface area contributed by atoms with Crippen molar-refractivity contribution in [2.24, 2.45) is 0 Å². The number of nitrogens with one attached hydrogen (secondary N) is 2. The molecule has 0 aliphatic carbocycles. The second-order valence-electron chi connectivity index (χ2n) is 6.96. The van der Waals surface area contributed by atoms with Gasteiger partial charge in [-0.2, -0.15) is 0 Å². The monoisotopic (exact) mass is 448 g/mol. The van der Waals surface area contributed by atoms with Gasteiger partial charge >= 0.3 is 12.0 Å². The molecule has 0 spiro atoms. The molecule has 2 aromatic carbocycles. The van der Waals surface area contributed by atoms with E-state index in [2.05, 4.69) is 10.6 Å². The molecule has 0 radical (unpaired) electrons. The second-order valence-corrected chi connectivity index (χ2v) is 9.33. The fourth-order valence-electron chi connectivity index (χ4n) is 3.34. The number of urea groups is 1. The maximum atomic E-state index is 13.2. The van der Waals surface area contributed by atoms with Crippen LogP contribution in [0.4, 0.5) is 4.79 Å². The third-order valence-electron chi connectivity index (χ3n) is 4.79. The van der Waals surface area contributed by atoms with Gasteiger partial charge < -0.3 is 15.4 Å². The molecule has 0 aromatic heterocycles. The summed E-state index contributed by atoms with van der Waals surface area (Å²) in [6, 6.07) is 10.2. The largest absolute Gasteiger partial charge is 0.466 e. The first kappa shape index (κ1) is 21.9. The number of esters is 1. The van der Waals surface area contributed by atoms with E-state index in [9.17, 15) is 18.0 Å². The van der Waals surface area contributed by atoms with E-state index >= 15 is 0 Å². The Morgan fingerprint density at radius 1 is 1.17 bits per heavy atom. The molecule has 2 amide bonds. The predicted molar refractivity (Wildman–Crippen MR) is 113 cm³/mol. The SMILES string of the molecule is COC(=O)C1=C(CS(=O)(=O)c2cc(C)ccc2C)NC(=O)N[C@H]1c1ccccc1Cl. The number of aryl methyl sites for hydroxylation is 2. The molecule has 158 valence electrons. The summed E-state index contributed by atoms with van der Waals surface area (Å²) in [6.07, 6.45) is 0. The molecule has 0 saturated carbocycles. The van der Waals surface area contributed by atoms with E-state index in [1.807, 2.05) is 6.07 Å². The minimum atomic E-state index is -3.87. The van der Waals surface area contributed by atoms with Crippen LogP contribution in [-0.4, -0.2) is 33.3 Å². The second kappa shape index (κ2) is 8.49. The number of halogens is 1. The van der Waals surface area contributed by atoms with Gasteiger partial charge in [-0.15, -0.1) is 0 Å². The lowest BCUT2D eigenvalue weighted by Gasteiger charge is -2.29. The summed E-state index contributed by atoms with van der Waals surface area (Å²) in [4.78, 5) is 25.1. The van der Waals surface area contributed by atoms with Gasteiger partial charge in [0.25, 0.3) is 0 Å². The Balaban J connectivity index is 2.15. The van der Waals surface area contributed by atoms with Crippen molar-refractivity contribution in [3.05, 3.63) is 75.4 Å². The minimum Gasteiger partial charge on any atom is -0.466 e. The van der Waals surface area contributed by atoms with Gasteiger partial charge in [-0.25, -0.2) is 18.0 Å². The van der Waals surface area contributed by atoms with Gasteiger partial charge in [0, 0.05) is 10.7 Å². The van der Waals surface area contributed by atoms with Crippen LogP contribution in [0.3, 0.4) is 0 Å². The summed E-state index contributed by atoms with van der Waals surface area (Å²) in [5.74, 6) is -1.34. The van der Waals surface area contributed by atoms with E-state index in [1.165, 1.54) is 7.11 Å². The number of hydrogen-bond acceptors (Lipinski definition) is 5. The molecule has 0 saturated heterocycles. The van der Waals surface area contributed by atoms with Gasteiger partial charge in [0.05, 0.1) is 29.4 Å². The summed E-state index contributed by atoms with van der Waals surface area (Å²) >= 11 is 6.27. The molecule has 9 heteroatoms. The summed E-state index contributed by atoms with van der Waals surface area (Å²) in [5, 5.41) is 5.42. The maximum Gasteiger partial charge on any atom is 0.338 e. The average molecular weight is 449 g/mol. The first-order valence-corrected chi connectivity index (χ1v) is 11.1. The number of hydrogen-bond donors (Lipinski definition) is 2. The molecule has 1 aliphatic heterocycles. The summed E-state index contributed by atoms with van der Waals surface area (Å²) in [6.45, 7) is 3.48. The Morgan fingerprint density at radius 2 is 1.87 bits per heavy atom. The molecule has 0 fully saturated rings. The topological polar surface area (TPSA) is 102 Å².